The number of carbonyl (C=O) groups excluding carboxylic acids is 2. The first-order valence-corrected chi connectivity index (χ1v) is 11.7. The molecule has 0 aliphatic heterocycles. The number of para-hydroxylation sites is 1. The standard InChI is InChI=1S/C22H22N6O2S2/c1-13-8-9-15(10-14(13)2)23-19(29)11-18-26-27-22(28(18)3)31-12-20(30)25-21-24-16-6-4-5-7-17(16)32-21/h4-10H,11-12H2,1-3H3,(H,23,29)(H,24,25,30). The minimum absolute atomic E-state index is 0.0921. The molecular formula is C22H22N6O2S2. The lowest BCUT2D eigenvalue weighted by molar-refractivity contribution is -0.116. The lowest BCUT2D eigenvalue weighted by Gasteiger charge is -2.08. The first-order valence-electron chi connectivity index (χ1n) is 9.92. The van der Waals surface area contributed by atoms with Crippen LogP contribution in [0.5, 0.6) is 0 Å². The van der Waals surface area contributed by atoms with Crippen LogP contribution < -0.4 is 10.6 Å². The lowest BCUT2D eigenvalue weighted by Crippen LogP contribution is -2.17. The molecule has 4 rings (SSSR count). The summed E-state index contributed by atoms with van der Waals surface area (Å²) in [6.45, 7) is 4.03. The van der Waals surface area contributed by atoms with Crippen molar-refractivity contribution in [1.82, 2.24) is 19.7 Å². The smallest absolute Gasteiger partial charge is 0.236 e. The molecule has 0 saturated heterocycles. The van der Waals surface area contributed by atoms with Gasteiger partial charge in [0.05, 0.1) is 22.4 Å². The Hall–Kier alpha value is -3.24. The second-order valence-electron chi connectivity index (χ2n) is 7.31. The summed E-state index contributed by atoms with van der Waals surface area (Å²) >= 11 is 2.69. The maximum absolute atomic E-state index is 12.4. The van der Waals surface area contributed by atoms with Gasteiger partial charge in [-0.25, -0.2) is 4.98 Å². The number of aryl methyl sites for hydroxylation is 2. The molecule has 4 aromatic rings. The second kappa shape index (κ2) is 9.49. The lowest BCUT2D eigenvalue weighted by atomic mass is 10.1. The van der Waals surface area contributed by atoms with Gasteiger partial charge in [-0.15, -0.1) is 10.2 Å². The zero-order valence-electron chi connectivity index (χ0n) is 17.9. The largest absolute Gasteiger partial charge is 0.326 e. The SMILES string of the molecule is Cc1ccc(NC(=O)Cc2nnc(SCC(=O)Nc3nc4ccccc4s3)n2C)cc1C. The Kier molecular flexibility index (Phi) is 6.52. The summed E-state index contributed by atoms with van der Waals surface area (Å²) in [5.41, 5.74) is 3.90. The van der Waals surface area contributed by atoms with Crippen molar-refractivity contribution in [3.8, 4) is 0 Å². The fourth-order valence-electron chi connectivity index (χ4n) is 3.00. The van der Waals surface area contributed by atoms with Crippen LogP contribution in [0.4, 0.5) is 10.8 Å². The summed E-state index contributed by atoms with van der Waals surface area (Å²) in [6.07, 6.45) is 0.0921. The van der Waals surface area contributed by atoms with Crippen molar-refractivity contribution < 1.29 is 9.59 Å². The minimum atomic E-state index is -0.175. The van der Waals surface area contributed by atoms with Gasteiger partial charge in [0.2, 0.25) is 11.8 Å². The highest BCUT2D eigenvalue weighted by atomic mass is 32.2. The van der Waals surface area contributed by atoms with Gasteiger partial charge in [0.25, 0.3) is 0 Å². The molecular weight excluding hydrogens is 444 g/mol. The van der Waals surface area contributed by atoms with Crippen LogP contribution in [0.3, 0.4) is 0 Å². The number of nitrogens with zero attached hydrogens (tertiary/aromatic N) is 4. The molecule has 0 unspecified atom stereocenters. The molecule has 0 saturated carbocycles. The first-order chi connectivity index (χ1) is 15.4. The number of hydrogen-bond acceptors (Lipinski definition) is 7. The van der Waals surface area contributed by atoms with Crippen LogP contribution in [-0.4, -0.2) is 37.3 Å². The van der Waals surface area contributed by atoms with Crippen LogP contribution in [0.1, 0.15) is 17.0 Å². The third kappa shape index (κ3) is 5.14. The monoisotopic (exact) mass is 466 g/mol. The number of thioether (sulfide) groups is 1. The molecule has 32 heavy (non-hydrogen) atoms. The van der Waals surface area contributed by atoms with Crippen molar-refractivity contribution in [1.29, 1.82) is 0 Å². The van der Waals surface area contributed by atoms with Crippen LogP contribution in [0, 0.1) is 13.8 Å². The fraction of sp³-hybridized carbons (Fsp3) is 0.227. The van der Waals surface area contributed by atoms with Gasteiger partial charge in [-0.2, -0.15) is 0 Å². The van der Waals surface area contributed by atoms with Gasteiger partial charge >= 0.3 is 0 Å². The van der Waals surface area contributed by atoms with Gasteiger partial charge in [0.15, 0.2) is 10.3 Å². The third-order valence-corrected chi connectivity index (χ3v) is 6.88. The number of amides is 2. The molecule has 2 aromatic carbocycles. The van der Waals surface area contributed by atoms with E-state index in [-0.39, 0.29) is 24.0 Å². The molecule has 2 aromatic heterocycles. The maximum Gasteiger partial charge on any atom is 0.236 e. The molecule has 0 aliphatic carbocycles. The van der Waals surface area contributed by atoms with Gasteiger partial charge < -0.3 is 15.2 Å². The summed E-state index contributed by atoms with van der Waals surface area (Å²) in [4.78, 5) is 29.1. The number of thiazole rings is 1. The van der Waals surface area contributed by atoms with E-state index >= 15 is 0 Å². The summed E-state index contributed by atoms with van der Waals surface area (Å²) in [5.74, 6) is 0.344. The van der Waals surface area contributed by atoms with Gasteiger partial charge in [-0.1, -0.05) is 41.3 Å². The molecule has 0 aliphatic rings. The van der Waals surface area contributed by atoms with Crippen LogP contribution in [0.25, 0.3) is 10.2 Å². The quantitative estimate of drug-likeness (QED) is 0.400. The first kappa shape index (κ1) is 22.0. The normalized spacial score (nSPS) is 11.0. The predicted molar refractivity (Wildman–Crippen MR) is 128 cm³/mol. The Morgan fingerprint density at radius 2 is 1.84 bits per heavy atom. The molecule has 10 heteroatoms. The molecule has 2 heterocycles. The molecule has 2 N–H and O–H groups in total. The Bertz CT molecular complexity index is 1260. The number of anilines is 2. The molecule has 164 valence electrons. The van der Waals surface area contributed by atoms with E-state index in [0.717, 1.165) is 21.5 Å². The average molecular weight is 467 g/mol. The number of benzene rings is 2. The van der Waals surface area contributed by atoms with E-state index in [1.54, 1.807) is 11.6 Å². The van der Waals surface area contributed by atoms with Gasteiger partial charge in [0.1, 0.15) is 5.82 Å². The van der Waals surface area contributed by atoms with E-state index < -0.39 is 0 Å². The highest BCUT2D eigenvalue weighted by molar-refractivity contribution is 7.99. The molecule has 0 atom stereocenters. The van der Waals surface area contributed by atoms with Crippen molar-refractivity contribution in [3.63, 3.8) is 0 Å². The maximum atomic E-state index is 12.4. The van der Waals surface area contributed by atoms with E-state index in [4.69, 9.17) is 0 Å². The third-order valence-electron chi connectivity index (χ3n) is 4.91. The predicted octanol–water partition coefficient (Wildman–Crippen LogP) is 3.95. The zero-order valence-corrected chi connectivity index (χ0v) is 19.5. The molecule has 0 bridgehead atoms. The van der Waals surface area contributed by atoms with Gasteiger partial charge in [-0.3, -0.25) is 9.59 Å². The van der Waals surface area contributed by atoms with E-state index in [2.05, 4.69) is 25.8 Å². The summed E-state index contributed by atoms with van der Waals surface area (Å²) < 4.78 is 2.75. The fourth-order valence-corrected chi connectivity index (χ4v) is 4.62. The van der Waals surface area contributed by atoms with Crippen LogP contribution in [0.15, 0.2) is 47.6 Å². The highest BCUT2D eigenvalue weighted by Gasteiger charge is 2.15. The molecule has 0 spiro atoms. The number of fused-ring (bicyclic) bond motifs is 1. The second-order valence-corrected chi connectivity index (χ2v) is 9.28. The topological polar surface area (TPSA) is 102 Å². The van der Waals surface area contributed by atoms with Gasteiger partial charge in [-0.05, 0) is 49.2 Å². The van der Waals surface area contributed by atoms with E-state index in [1.165, 1.54) is 28.7 Å². The zero-order chi connectivity index (χ0) is 22.7. The molecule has 8 nitrogen and oxygen atoms in total. The number of nitrogens with one attached hydrogen (secondary N) is 2. The number of rotatable bonds is 7. The molecule has 2 amide bonds. The average Bonchev–Trinajstić information content (AvgIpc) is 3.32. The van der Waals surface area contributed by atoms with E-state index in [0.29, 0.717) is 16.1 Å². The highest BCUT2D eigenvalue weighted by Crippen LogP contribution is 2.26. The Labute approximate surface area is 193 Å². The van der Waals surface area contributed by atoms with Gasteiger partial charge in [0, 0.05) is 12.7 Å². The van der Waals surface area contributed by atoms with Crippen LogP contribution in [0.2, 0.25) is 0 Å². The minimum Gasteiger partial charge on any atom is -0.326 e. The van der Waals surface area contributed by atoms with Crippen molar-refractivity contribution in [3.05, 3.63) is 59.4 Å². The molecule has 0 radical (unpaired) electrons. The van der Waals surface area contributed by atoms with Crippen molar-refractivity contribution in [2.75, 3.05) is 16.4 Å². The number of carbonyl (C=O) groups is 2. The van der Waals surface area contributed by atoms with Crippen molar-refractivity contribution >= 4 is 55.9 Å². The van der Waals surface area contributed by atoms with E-state index in [9.17, 15) is 9.59 Å². The summed E-state index contributed by atoms with van der Waals surface area (Å²) in [7, 11) is 1.78. The number of aromatic nitrogens is 4. The Morgan fingerprint density at radius 3 is 2.62 bits per heavy atom. The number of hydrogen-bond donors (Lipinski definition) is 2. The van der Waals surface area contributed by atoms with E-state index in [1.807, 2.05) is 56.3 Å². The Balaban J connectivity index is 1.31. The van der Waals surface area contributed by atoms with Crippen LogP contribution in [-0.2, 0) is 23.1 Å². The van der Waals surface area contributed by atoms with Crippen molar-refractivity contribution in [2.45, 2.75) is 25.4 Å². The summed E-state index contributed by atoms with van der Waals surface area (Å²) in [6, 6.07) is 13.5. The molecule has 0 fully saturated rings. The van der Waals surface area contributed by atoms with Crippen LogP contribution >= 0.6 is 23.1 Å². The van der Waals surface area contributed by atoms with Crippen molar-refractivity contribution in [2.24, 2.45) is 7.05 Å². The summed E-state index contributed by atoms with van der Waals surface area (Å²) in [5, 5.41) is 15.1. The Morgan fingerprint density at radius 1 is 1.03 bits per heavy atom.